The van der Waals surface area contributed by atoms with Crippen molar-refractivity contribution in [3.8, 4) is 0 Å². The second-order valence-corrected chi connectivity index (χ2v) is 4.55. The van der Waals surface area contributed by atoms with E-state index in [1.807, 2.05) is 0 Å². The predicted octanol–water partition coefficient (Wildman–Crippen LogP) is 3.38. The van der Waals surface area contributed by atoms with E-state index in [9.17, 15) is 26.3 Å². The Labute approximate surface area is 123 Å². The molecule has 0 bridgehead atoms. The lowest BCUT2D eigenvalue weighted by molar-refractivity contribution is -0.143. The van der Waals surface area contributed by atoms with Gasteiger partial charge >= 0.3 is 12.4 Å². The van der Waals surface area contributed by atoms with Crippen molar-refractivity contribution >= 4 is 12.4 Å². The summed E-state index contributed by atoms with van der Waals surface area (Å²) in [7, 11) is 0. The first-order valence-corrected chi connectivity index (χ1v) is 5.91. The zero-order valence-corrected chi connectivity index (χ0v) is 11.4. The maximum Gasteiger partial charge on any atom is 0.416 e. The Morgan fingerprint density at radius 1 is 0.857 bits per heavy atom. The Balaban J connectivity index is 0.00000220. The molecule has 0 spiro atoms. The quantitative estimate of drug-likeness (QED) is 0.769. The van der Waals surface area contributed by atoms with Crippen LogP contribution >= 0.6 is 12.4 Å². The van der Waals surface area contributed by atoms with Gasteiger partial charge in [-0.15, -0.1) is 12.4 Å². The van der Waals surface area contributed by atoms with Crippen LogP contribution in [-0.4, -0.2) is 19.6 Å². The summed E-state index contributed by atoms with van der Waals surface area (Å²) in [6, 6.07) is 1.10. The highest BCUT2D eigenvalue weighted by atomic mass is 35.5. The molecule has 1 aliphatic heterocycles. The maximum absolute atomic E-state index is 12.7. The van der Waals surface area contributed by atoms with E-state index in [4.69, 9.17) is 0 Å². The molecule has 0 unspecified atom stereocenters. The van der Waals surface area contributed by atoms with Gasteiger partial charge in [0.15, 0.2) is 0 Å². The SMILES string of the molecule is Cl.FC(F)(F)c1cc([C@H]2CNCCN2)cc(C(F)(F)F)c1. The standard InChI is InChI=1S/C12H12F6N2.ClH/c13-11(14,15)8-3-7(10-6-19-1-2-20-10)4-9(5-8)12(16,17)18;/h3-5,10,19-20H,1-2,6H2;1H/t10-;/m1./s1. The summed E-state index contributed by atoms with van der Waals surface area (Å²) in [4.78, 5) is 0. The summed E-state index contributed by atoms with van der Waals surface area (Å²) in [5.74, 6) is 0. The van der Waals surface area contributed by atoms with Gasteiger partial charge in [0.1, 0.15) is 0 Å². The van der Waals surface area contributed by atoms with E-state index in [1.54, 1.807) is 0 Å². The van der Waals surface area contributed by atoms with Crippen LogP contribution in [0.2, 0.25) is 0 Å². The third-order valence-corrected chi connectivity index (χ3v) is 3.05. The van der Waals surface area contributed by atoms with Crippen molar-refractivity contribution in [3.63, 3.8) is 0 Å². The Kier molecular flexibility index (Phi) is 5.51. The van der Waals surface area contributed by atoms with Crippen LogP contribution in [0.3, 0.4) is 0 Å². The fraction of sp³-hybridized carbons (Fsp3) is 0.500. The molecule has 0 aliphatic carbocycles. The van der Waals surface area contributed by atoms with E-state index in [0.29, 0.717) is 19.6 Å². The largest absolute Gasteiger partial charge is 0.416 e. The Morgan fingerprint density at radius 3 is 1.76 bits per heavy atom. The van der Waals surface area contributed by atoms with Gasteiger partial charge in [0, 0.05) is 25.7 Å². The van der Waals surface area contributed by atoms with E-state index < -0.39 is 29.5 Å². The molecule has 1 aromatic carbocycles. The van der Waals surface area contributed by atoms with Crippen molar-refractivity contribution in [2.75, 3.05) is 19.6 Å². The molecule has 1 atom stereocenters. The number of hydrogen-bond donors (Lipinski definition) is 2. The average Bonchev–Trinajstić information content (AvgIpc) is 2.37. The molecule has 21 heavy (non-hydrogen) atoms. The number of alkyl halides is 6. The van der Waals surface area contributed by atoms with Gasteiger partial charge in [-0.3, -0.25) is 0 Å². The number of halogens is 7. The van der Waals surface area contributed by atoms with Crippen LogP contribution in [0.25, 0.3) is 0 Å². The number of nitrogens with one attached hydrogen (secondary N) is 2. The smallest absolute Gasteiger partial charge is 0.314 e. The number of hydrogen-bond acceptors (Lipinski definition) is 2. The van der Waals surface area contributed by atoms with Crippen LogP contribution in [0.4, 0.5) is 26.3 Å². The molecule has 120 valence electrons. The fourth-order valence-corrected chi connectivity index (χ4v) is 2.07. The molecule has 1 aromatic rings. The molecule has 1 heterocycles. The van der Waals surface area contributed by atoms with E-state index in [-0.39, 0.29) is 24.0 Å². The Morgan fingerprint density at radius 2 is 1.38 bits per heavy atom. The minimum atomic E-state index is -4.81. The van der Waals surface area contributed by atoms with Gasteiger partial charge < -0.3 is 10.6 Å². The van der Waals surface area contributed by atoms with Gasteiger partial charge in [-0.2, -0.15) is 26.3 Å². The van der Waals surface area contributed by atoms with E-state index >= 15 is 0 Å². The van der Waals surface area contributed by atoms with Gasteiger partial charge in [0.2, 0.25) is 0 Å². The third-order valence-electron chi connectivity index (χ3n) is 3.05. The van der Waals surface area contributed by atoms with Crippen LogP contribution in [-0.2, 0) is 12.4 Å². The molecule has 2 N–H and O–H groups in total. The normalized spacial score (nSPS) is 20.0. The van der Waals surface area contributed by atoms with Crippen molar-refractivity contribution in [1.82, 2.24) is 10.6 Å². The highest BCUT2D eigenvalue weighted by Gasteiger charge is 2.37. The summed E-state index contributed by atoms with van der Waals surface area (Å²) in [5, 5.41) is 5.82. The zero-order valence-electron chi connectivity index (χ0n) is 10.6. The van der Waals surface area contributed by atoms with Crippen molar-refractivity contribution < 1.29 is 26.3 Å². The molecule has 2 rings (SSSR count). The maximum atomic E-state index is 12.7. The number of benzene rings is 1. The summed E-state index contributed by atoms with van der Waals surface area (Å²) in [5.41, 5.74) is -2.58. The molecule has 0 saturated carbocycles. The minimum absolute atomic E-state index is 0. The molecule has 0 radical (unpaired) electrons. The molecule has 1 fully saturated rings. The van der Waals surface area contributed by atoms with E-state index in [1.165, 1.54) is 0 Å². The second-order valence-electron chi connectivity index (χ2n) is 4.55. The molecule has 1 aliphatic rings. The topological polar surface area (TPSA) is 24.1 Å². The predicted molar refractivity (Wildman–Crippen MR) is 67.3 cm³/mol. The van der Waals surface area contributed by atoms with Crippen LogP contribution in [0, 0.1) is 0 Å². The zero-order chi connectivity index (χ0) is 15.0. The molecule has 0 aromatic heterocycles. The lowest BCUT2D eigenvalue weighted by Crippen LogP contribution is -2.42. The molecule has 0 amide bonds. The van der Waals surface area contributed by atoms with Crippen LogP contribution in [0.15, 0.2) is 18.2 Å². The van der Waals surface area contributed by atoms with E-state index in [2.05, 4.69) is 10.6 Å². The number of piperazine rings is 1. The molecular weight excluding hydrogens is 322 g/mol. The fourth-order valence-electron chi connectivity index (χ4n) is 2.07. The van der Waals surface area contributed by atoms with Gasteiger partial charge in [0.05, 0.1) is 11.1 Å². The molecule has 9 heteroatoms. The molecule has 1 saturated heterocycles. The molecule has 2 nitrogen and oxygen atoms in total. The van der Waals surface area contributed by atoms with E-state index in [0.717, 1.165) is 12.1 Å². The average molecular weight is 335 g/mol. The first-order chi connectivity index (χ1) is 9.18. The van der Waals surface area contributed by atoms with Crippen LogP contribution < -0.4 is 10.6 Å². The van der Waals surface area contributed by atoms with Crippen LogP contribution in [0.5, 0.6) is 0 Å². The van der Waals surface area contributed by atoms with Gasteiger partial charge in [-0.1, -0.05) is 0 Å². The summed E-state index contributed by atoms with van der Waals surface area (Å²) >= 11 is 0. The van der Waals surface area contributed by atoms with Gasteiger partial charge in [-0.05, 0) is 23.8 Å². The first kappa shape index (κ1) is 18.1. The van der Waals surface area contributed by atoms with Crippen molar-refractivity contribution in [2.24, 2.45) is 0 Å². The summed E-state index contributed by atoms with van der Waals surface area (Å²) in [6.07, 6.45) is -9.61. The lowest BCUT2D eigenvalue weighted by atomic mass is 9.98. The van der Waals surface area contributed by atoms with Crippen molar-refractivity contribution in [1.29, 1.82) is 0 Å². The summed E-state index contributed by atoms with van der Waals surface area (Å²) < 4.78 is 76.2. The minimum Gasteiger partial charge on any atom is -0.314 e. The summed E-state index contributed by atoms with van der Waals surface area (Å²) in [6.45, 7) is 1.41. The lowest BCUT2D eigenvalue weighted by Gasteiger charge is -2.26. The van der Waals surface area contributed by atoms with Gasteiger partial charge in [-0.25, -0.2) is 0 Å². The monoisotopic (exact) mass is 334 g/mol. The Bertz CT molecular complexity index is 447. The van der Waals surface area contributed by atoms with Gasteiger partial charge in [0.25, 0.3) is 0 Å². The third kappa shape index (κ3) is 4.49. The Hall–Kier alpha value is -0.990. The highest BCUT2D eigenvalue weighted by Crippen LogP contribution is 2.37. The first-order valence-electron chi connectivity index (χ1n) is 5.91. The number of rotatable bonds is 1. The second kappa shape index (κ2) is 6.41. The van der Waals surface area contributed by atoms with Crippen molar-refractivity contribution in [2.45, 2.75) is 18.4 Å². The van der Waals surface area contributed by atoms with Crippen LogP contribution in [0.1, 0.15) is 22.7 Å². The molecular formula is C12H13ClF6N2. The van der Waals surface area contributed by atoms with Crippen molar-refractivity contribution in [3.05, 3.63) is 34.9 Å². The highest BCUT2D eigenvalue weighted by molar-refractivity contribution is 5.85.